The molecule has 0 aliphatic heterocycles. The molecule has 3 rings (SSSR count). The first-order chi connectivity index (χ1) is 7.84. The van der Waals surface area contributed by atoms with Crippen LogP contribution in [0.1, 0.15) is 14.9 Å². The molecule has 1 heterocycles. The Balaban J connectivity index is 0.00000108. The Morgan fingerprint density at radius 2 is 1.53 bits per heavy atom. The molecular weight excluding hydrogens is 312 g/mol. The SMILES string of the molecule is C.C.[Ga].[O-]c1ccccc1-c1nc2ccccc2s1. The van der Waals surface area contributed by atoms with Crippen LogP contribution in [0.3, 0.4) is 0 Å². The van der Waals surface area contributed by atoms with E-state index in [2.05, 4.69) is 4.98 Å². The molecule has 0 fully saturated rings. The average molecular weight is 328 g/mol. The van der Waals surface area contributed by atoms with Gasteiger partial charge in [0.2, 0.25) is 0 Å². The van der Waals surface area contributed by atoms with E-state index in [1.165, 1.54) is 0 Å². The number of rotatable bonds is 1. The molecule has 0 atom stereocenters. The molecular formula is C15H16GaNOS-. The van der Waals surface area contributed by atoms with Crippen LogP contribution in [-0.2, 0) is 0 Å². The second-order valence-electron chi connectivity index (χ2n) is 3.48. The van der Waals surface area contributed by atoms with Crippen molar-refractivity contribution in [2.45, 2.75) is 14.9 Å². The summed E-state index contributed by atoms with van der Waals surface area (Å²) in [5.74, 6) is 0.0292. The van der Waals surface area contributed by atoms with Crippen molar-refractivity contribution in [1.82, 2.24) is 4.98 Å². The maximum atomic E-state index is 11.7. The number of fused-ring (bicyclic) bond motifs is 1. The molecule has 0 unspecified atom stereocenters. The van der Waals surface area contributed by atoms with Crippen LogP contribution in [0.15, 0.2) is 48.5 Å². The van der Waals surface area contributed by atoms with Gasteiger partial charge >= 0.3 is 0 Å². The zero-order valence-electron chi connectivity index (χ0n) is 8.96. The second-order valence-corrected chi connectivity index (χ2v) is 4.51. The van der Waals surface area contributed by atoms with E-state index in [4.69, 9.17) is 0 Å². The van der Waals surface area contributed by atoms with Gasteiger partial charge in [-0.25, -0.2) is 4.98 Å². The van der Waals surface area contributed by atoms with Crippen LogP contribution in [-0.4, -0.2) is 24.8 Å². The number of hydrogen-bond acceptors (Lipinski definition) is 3. The van der Waals surface area contributed by atoms with Gasteiger partial charge in [-0.05, 0) is 12.1 Å². The minimum absolute atomic E-state index is 0. The number of nitrogens with zero attached hydrogens (tertiary/aromatic N) is 1. The Labute approximate surface area is 131 Å². The molecule has 2 aromatic carbocycles. The zero-order chi connectivity index (χ0) is 11.0. The Morgan fingerprint density at radius 1 is 0.895 bits per heavy atom. The molecule has 0 aliphatic rings. The van der Waals surface area contributed by atoms with Crippen LogP contribution in [0, 0.1) is 0 Å². The maximum absolute atomic E-state index is 11.7. The van der Waals surface area contributed by atoms with Gasteiger partial charge in [-0.1, -0.05) is 57.0 Å². The Morgan fingerprint density at radius 3 is 2.21 bits per heavy atom. The van der Waals surface area contributed by atoms with E-state index in [-0.39, 0.29) is 40.4 Å². The van der Waals surface area contributed by atoms with Crippen LogP contribution in [0.25, 0.3) is 20.8 Å². The standard InChI is InChI=1S/C13H9NOS.2CH4.Ga/c15-11-7-3-1-5-9(11)13-14-10-6-2-4-8-12(10)16-13;;;/h1-8,15H;2*1H4;/p-1. The van der Waals surface area contributed by atoms with Crippen molar-refractivity contribution in [3.8, 4) is 16.3 Å². The van der Waals surface area contributed by atoms with Gasteiger partial charge < -0.3 is 5.11 Å². The minimum atomic E-state index is 0. The first-order valence-corrected chi connectivity index (χ1v) is 5.78. The van der Waals surface area contributed by atoms with E-state index in [0.29, 0.717) is 5.56 Å². The van der Waals surface area contributed by atoms with E-state index in [9.17, 15) is 5.11 Å². The maximum Gasteiger partial charge on any atom is 0.123 e. The van der Waals surface area contributed by atoms with Crippen molar-refractivity contribution < 1.29 is 5.11 Å². The van der Waals surface area contributed by atoms with Crippen molar-refractivity contribution in [3.63, 3.8) is 0 Å². The monoisotopic (exact) mass is 327 g/mol. The smallest absolute Gasteiger partial charge is 0.123 e. The van der Waals surface area contributed by atoms with Gasteiger partial charge in [-0.2, -0.15) is 0 Å². The van der Waals surface area contributed by atoms with Crippen LogP contribution >= 0.6 is 11.3 Å². The Hall–Kier alpha value is -1.23. The van der Waals surface area contributed by atoms with E-state index < -0.39 is 0 Å². The van der Waals surface area contributed by atoms with Gasteiger partial charge in [0, 0.05) is 25.4 Å². The molecule has 0 spiro atoms. The van der Waals surface area contributed by atoms with Gasteiger partial charge in [-0.15, -0.1) is 11.3 Å². The summed E-state index contributed by atoms with van der Waals surface area (Å²) in [5, 5.41) is 12.5. The normalized spacial score (nSPS) is 9.05. The molecule has 0 amide bonds. The van der Waals surface area contributed by atoms with Gasteiger partial charge in [-0.3, -0.25) is 0 Å². The molecule has 4 heteroatoms. The Bertz CT molecular complexity index is 618. The van der Waals surface area contributed by atoms with Crippen LogP contribution in [0.2, 0.25) is 0 Å². The number of thiazole rings is 1. The molecule has 3 radical (unpaired) electrons. The van der Waals surface area contributed by atoms with E-state index in [1.54, 1.807) is 23.5 Å². The first kappa shape index (κ1) is 17.8. The van der Waals surface area contributed by atoms with Gasteiger partial charge in [0.25, 0.3) is 0 Å². The van der Waals surface area contributed by atoms with Crippen molar-refractivity contribution in [3.05, 3.63) is 48.5 Å². The second kappa shape index (κ2) is 7.38. The van der Waals surface area contributed by atoms with Crippen LogP contribution in [0.4, 0.5) is 0 Å². The van der Waals surface area contributed by atoms with Gasteiger partial charge in [0.1, 0.15) is 5.01 Å². The average Bonchev–Trinajstić information content (AvgIpc) is 2.73. The molecule has 2 nitrogen and oxygen atoms in total. The van der Waals surface area contributed by atoms with Crippen LogP contribution in [0.5, 0.6) is 5.75 Å². The third-order valence-electron chi connectivity index (χ3n) is 2.41. The third kappa shape index (κ3) is 3.41. The van der Waals surface area contributed by atoms with E-state index in [0.717, 1.165) is 15.2 Å². The molecule has 3 aromatic rings. The summed E-state index contributed by atoms with van der Waals surface area (Å²) in [5.41, 5.74) is 1.63. The predicted octanol–water partition coefficient (Wildman–Crippen LogP) is 3.93. The van der Waals surface area contributed by atoms with E-state index >= 15 is 0 Å². The molecule has 19 heavy (non-hydrogen) atoms. The summed E-state index contributed by atoms with van der Waals surface area (Å²) >= 11 is 1.55. The summed E-state index contributed by atoms with van der Waals surface area (Å²) in [4.78, 5) is 4.46. The van der Waals surface area contributed by atoms with Gasteiger partial charge in [0.15, 0.2) is 0 Å². The fourth-order valence-electron chi connectivity index (χ4n) is 1.63. The molecule has 97 valence electrons. The molecule has 0 saturated heterocycles. The fourth-order valence-corrected chi connectivity index (χ4v) is 2.63. The topological polar surface area (TPSA) is 36.0 Å². The summed E-state index contributed by atoms with van der Waals surface area (Å²) in [7, 11) is 0. The first-order valence-electron chi connectivity index (χ1n) is 4.96. The van der Waals surface area contributed by atoms with Crippen molar-refractivity contribution in [2.24, 2.45) is 0 Å². The largest absolute Gasteiger partial charge is 0.872 e. The summed E-state index contributed by atoms with van der Waals surface area (Å²) in [6, 6.07) is 14.9. The number of benzene rings is 2. The summed E-state index contributed by atoms with van der Waals surface area (Å²) in [6.07, 6.45) is 0. The number of para-hydroxylation sites is 2. The van der Waals surface area contributed by atoms with Crippen molar-refractivity contribution in [2.75, 3.05) is 0 Å². The fraction of sp³-hybridized carbons (Fsp3) is 0.133. The summed E-state index contributed by atoms with van der Waals surface area (Å²) in [6.45, 7) is 0. The molecule has 0 aliphatic carbocycles. The number of aromatic nitrogens is 1. The third-order valence-corrected chi connectivity index (χ3v) is 3.48. The predicted molar refractivity (Wildman–Crippen MR) is 83.7 cm³/mol. The molecule has 0 N–H and O–H groups in total. The summed E-state index contributed by atoms with van der Waals surface area (Å²) < 4.78 is 1.11. The van der Waals surface area contributed by atoms with Crippen molar-refractivity contribution >= 4 is 41.3 Å². The molecule has 1 aromatic heterocycles. The van der Waals surface area contributed by atoms with E-state index in [1.807, 2.05) is 36.4 Å². The molecule has 0 bridgehead atoms. The zero-order valence-corrected chi connectivity index (χ0v) is 12.2. The van der Waals surface area contributed by atoms with Gasteiger partial charge in [0.05, 0.1) is 10.2 Å². The van der Waals surface area contributed by atoms with Crippen molar-refractivity contribution in [1.29, 1.82) is 0 Å². The minimum Gasteiger partial charge on any atom is -0.872 e. The quantitative estimate of drug-likeness (QED) is 0.635. The molecule has 0 saturated carbocycles. The Kier molecular flexibility index (Phi) is 6.90. The number of hydrogen-bond donors (Lipinski definition) is 0. The van der Waals surface area contributed by atoms with Crippen LogP contribution < -0.4 is 5.11 Å².